The number of hydrogen-bond donors (Lipinski definition) is 0. The van der Waals surface area contributed by atoms with Gasteiger partial charge in [0.05, 0.1) is 0 Å². The van der Waals surface area contributed by atoms with E-state index in [1.165, 1.54) is 18.4 Å². The molecule has 13 heavy (non-hydrogen) atoms. The molecule has 0 amide bonds. The van der Waals surface area contributed by atoms with Gasteiger partial charge in [-0.15, -0.1) is 0 Å². The zero-order valence-electron chi connectivity index (χ0n) is 7.58. The monoisotopic (exact) mass is 173 g/mol. The average Bonchev–Trinajstić information content (AvgIpc) is 2.87. The Hall–Kier alpha value is -1.31. The van der Waals surface area contributed by atoms with Crippen LogP contribution in [0.5, 0.6) is 0 Å². The van der Waals surface area contributed by atoms with Gasteiger partial charge in [0.25, 0.3) is 0 Å². The van der Waals surface area contributed by atoms with Crippen LogP contribution in [0.1, 0.15) is 30.1 Å². The van der Waals surface area contributed by atoms with Crippen molar-refractivity contribution in [1.82, 2.24) is 4.98 Å². The summed E-state index contributed by atoms with van der Waals surface area (Å²) >= 11 is 0. The van der Waals surface area contributed by atoms with Crippen LogP contribution in [0.25, 0.3) is 11.1 Å². The van der Waals surface area contributed by atoms with Crippen molar-refractivity contribution >= 4 is 11.1 Å². The molecule has 1 aliphatic rings. The topological polar surface area (TPSA) is 26.0 Å². The second-order valence-electron chi connectivity index (χ2n) is 3.78. The molecule has 66 valence electrons. The van der Waals surface area contributed by atoms with Crippen LogP contribution >= 0.6 is 0 Å². The van der Waals surface area contributed by atoms with E-state index in [1.807, 2.05) is 19.2 Å². The lowest BCUT2D eigenvalue weighted by atomic mass is 10.2. The number of rotatable bonds is 1. The summed E-state index contributed by atoms with van der Waals surface area (Å²) in [7, 11) is 0. The zero-order chi connectivity index (χ0) is 8.84. The van der Waals surface area contributed by atoms with Crippen LogP contribution in [0.4, 0.5) is 0 Å². The fraction of sp³-hybridized carbons (Fsp3) is 0.364. The highest BCUT2D eigenvalue weighted by Crippen LogP contribution is 2.40. The molecule has 0 unspecified atom stereocenters. The largest absolute Gasteiger partial charge is 0.460 e. The number of nitrogens with zero attached hydrogens (tertiary/aromatic N) is 1. The third kappa shape index (κ3) is 1.13. The third-order valence-electron chi connectivity index (χ3n) is 2.56. The highest BCUT2D eigenvalue weighted by atomic mass is 16.3. The van der Waals surface area contributed by atoms with E-state index in [0.717, 1.165) is 22.8 Å². The Morgan fingerprint density at radius 3 is 3.00 bits per heavy atom. The summed E-state index contributed by atoms with van der Waals surface area (Å²) in [4.78, 5) is 4.37. The standard InChI is InChI=1S/C11H11NO/c1-7-4-10-11(13-7)5-9(6-12-10)8-2-3-8/h4-6,8H,2-3H2,1H3. The quantitative estimate of drug-likeness (QED) is 0.662. The van der Waals surface area contributed by atoms with Crippen molar-refractivity contribution < 1.29 is 4.42 Å². The van der Waals surface area contributed by atoms with Crippen LogP contribution < -0.4 is 0 Å². The Bertz CT molecular complexity index is 454. The van der Waals surface area contributed by atoms with Gasteiger partial charge in [-0.25, -0.2) is 0 Å². The fourth-order valence-corrected chi connectivity index (χ4v) is 1.70. The number of pyridine rings is 1. The van der Waals surface area contributed by atoms with Crippen LogP contribution in [0.3, 0.4) is 0 Å². The average molecular weight is 173 g/mol. The number of aryl methyl sites for hydroxylation is 1. The minimum absolute atomic E-state index is 0.752. The van der Waals surface area contributed by atoms with E-state index in [-0.39, 0.29) is 0 Å². The lowest BCUT2D eigenvalue weighted by Crippen LogP contribution is -1.80. The van der Waals surface area contributed by atoms with Gasteiger partial charge in [0, 0.05) is 12.3 Å². The van der Waals surface area contributed by atoms with Gasteiger partial charge in [-0.3, -0.25) is 4.98 Å². The van der Waals surface area contributed by atoms with Gasteiger partial charge in [-0.1, -0.05) is 0 Å². The molecule has 3 rings (SSSR count). The Kier molecular flexibility index (Phi) is 1.29. The number of hydrogen-bond acceptors (Lipinski definition) is 2. The SMILES string of the molecule is Cc1cc2ncc(C3CC3)cc2o1. The van der Waals surface area contributed by atoms with Gasteiger partial charge in [-0.05, 0) is 37.3 Å². The first kappa shape index (κ1) is 7.13. The first-order chi connectivity index (χ1) is 6.33. The van der Waals surface area contributed by atoms with Crippen molar-refractivity contribution in [1.29, 1.82) is 0 Å². The van der Waals surface area contributed by atoms with Crippen LogP contribution in [0, 0.1) is 6.92 Å². The summed E-state index contributed by atoms with van der Waals surface area (Å²) < 4.78 is 5.52. The fourth-order valence-electron chi connectivity index (χ4n) is 1.70. The van der Waals surface area contributed by atoms with Crippen molar-refractivity contribution in [2.45, 2.75) is 25.7 Å². The van der Waals surface area contributed by atoms with E-state index in [9.17, 15) is 0 Å². The molecule has 2 nitrogen and oxygen atoms in total. The number of furan rings is 1. The van der Waals surface area contributed by atoms with Crippen molar-refractivity contribution in [3.63, 3.8) is 0 Å². The molecule has 0 aromatic carbocycles. The minimum Gasteiger partial charge on any atom is -0.460 e. The molecule has 0 saturated heterocycles. The molecular weight excluding hydrogens is 162 g/mol. The molecule has 2 aromatic heterocycles. The zero-order valence-corrected chi connectivity index (χ0v) is 7.58. The van der Waals surface area contributed by atoms with Crippen molar-refractivity contribution in [2.24, 2.45) is 0 Å². The van der Waals surface area contributed by atoms with Gasteiger partial charge in [-0.2, -0.15) is 0 Å². The molecule has 0 aliphatic heterocycles. The second-order valence-corrected chi connectivity index (χ2v) is 3.78. The number of fused-ring (bicyclic) bond motifs is 1. The molecule has 2 heterocycles. The van der Waals surface area contributed by atoms with Crippen molar-refractivity contribution in [3.05, 3.63) is 29.7 Å². The Balaban J connectivity index is 2.20. The Morgan fingerprint density at radius 1 is 1.38 bits per heavy atom. The molecule has 1 saturated carbocycles. The highest BCUT2D eigenvalue weighted by Gasteiger charge is 2.24. The maximum Gasteiger partial charge on any atom is 0.152 e. The number of aromatic nitrogens is 1. The second kappa shape index (κ2) is 2.34. The molecule has 0 N–H and O–H groups in total. The van der Waals surface area contributed by atoms with Crippen LogP contribution in [0.15, 0.2) is 22.7 Å². The smallest absolute Gasteiger partial charge is 0.152 e. The van der Waals surface area contributed by atoms with E-state index in [0.29, 0.717) is 0 Å². The molecule has 0 radical (unpaired) electrons. The summed E-state index contributed by atoms with van der Waals surface area (Å²) in [6.07, 6.45) is 4.61. The minimum atomic E-state index is 0.752. The summed E-state index contributed by atoms with van der Waals surface area (Å²) in [5, 5.41) is 0. The van der Waals surface area contributed by atoms with Gasteiger partial charge in [0.2, 0.25) is 0 Å². The Labute approximate surface area is 76.6 Å². The van der Waals surface area contributed by atoms with E-state index >= 15 is 0 Å². The normalized spacial score (nSPS) is 16.7. The predicted octanol–water partition coefficient (Wildman–Crippen LogP) is 3.01. The lowest BCUT2D eigenvalue weighted by molar-refractivity contribution is 0.578. The van der Waals surface area contributed by atoms with Crippen LogP contribution in [-0.2, 0) is 0 Å². The maximum atomic E-state index is 5.52. The third-order valence-corrected chi connectivity index (χ3v) is 2.56. The van der Waals surface area contributed by atoms with Crippen LogP contribution in [-0.4, -0.2) is 4.98 Å². The van der Waals surface area contributed by atoms with Crippen LogP contribution in [0.2, 0.25) is 0 Å². The summed E-state index contributed by atoms with van der Waals surface area (Å²) in [6.45, 7) is 1.96. The van der Waals surface area contributed by atoms with Gasteiger partial charge >= 0.3 is 0 Å². The summed E-state index contributed by atoms with van der Waals surface area (Å²) in [6, 6.07) is 4.11. The molecule has 1 fully saturated rings. The highest BCUT2D eigenvalue weighted by molar-refractivity contribution is 5.73. The first-order valence-electron chi connectivity index (χ1n) is 4.69. The summed E-state index contributed by atoms with van der Waals surface area (Å²) in [5.74, 6) is 1.69. The molecule has 1 aliphatic carbocycles. The first-order valence-corrected chi connectivity index (χ1v) is 4.69. The van der Waals surface area contributed by atoms with E-state index in [4.69, 9.17) is 4.42 Å². The predicted molar refractivity (Wildman–Crippen MR) is 50.7 cm³/mol. The molecular formula is C11H11NO. The van der Waals surface area contributed by atoms with Gasteiger partial charge < -0.3 is 4.42 Å². The molecule has 0 atom stereocenters. The Morgan fingerprint density at radius 2 is 2.23 bits per heavy atom. The summed E-state index contributed by atoms with van der Waals surface area (Å²) in [5.41, 5.74) is 3.24. The van der Waals surface area contributed by atoms with E-state index in [2.05, 4.69) is 11.1 Å². The molecule has 0 bridgehead atoms. The van der Waals surface area contributed by atoms with Crippen molar-refractivity contribution in [2.75, 3.05) is 0 Å². The van der Waals surface area contributed by atoms with Gasteiger partial charge in [0.15, 0.2) is 5.58 Å². The van der Waals surface area contributed by atoms with Gasteiger partial charge in [0.1, 0.15) is 11.3 Å². The van der Waals surface area contributed by atoms with E-state index in [1.54, 1.807) is 0 Å². The molecule has 2 aromatic rings. The van der Waals surface area contributed by atoms with Crippen molar-refractivity contribution in [3.8, 4) is 0 Å². The maximum absolute atomic E-state index is 5.52. The molecule has 2 heteroatoms. The van der Waals surface area contributed by atoms with E-state index < -0.39 is 0 Å². The molecule has 0 spiro atoms. The lowest BCUT2D eigenvalue weighted by Gasteiger charge is -1.94.